The Hall–Kier alpha value is -2.18. The third-order valence-corrected chi connectivity index (χ3v) is 4.78. The molecule has 0 spiro atoms. The van der Waals surface area contributed by atoms with E-state index in [1.807, 2.05) is 0 Å². The molecule has 1 amide bonds. The quantitative estimate of drug-likeness (QED) is 0.886. The molecule has 3 rings (SSSR count). The van der Waals surface area contributed by atoms with Crippen LogP contribution in [-0.4, -0.2) is 41.7 Å². The normalized spacial score (nSPS) is 16.7. The number of aromatic nitrogens is 1. The fourth-order valence-corrected chi connectivity index (χ4v) is 3.11. The molecule has 2 heterocycles. The van der Waals surface area contributed by atoms with E-state index < -0.39 is 11.4 Å². The maximum atomic E-state index is 12.6. The molecule has 0 bridgehead atoms. The predicted molar refractivity (Wildman–Crippen MR) is 89.2 cm³/mol. The highest BCUT2D eigenvalue weighted by molar-refractivity contribution is 6.36. The van der Waals surface area contributed by atoms with E-state index in [0.717, 1.165) is 0 Å². The third kappa shape index (κ3) is 3.07. The van der Waals surface area contributed by atoms with Crippen molar-refractivity contribution in [3.63, 3.8) is 0 Å². The third-order valence-electron chi connectivity index (χ3n) is 4.45. The molecule has 1 aromatic carbocycles. The fourth-order valence-electron chi connectivity index (χ4n) is 2.89. The number of carboxylic acid groups (broad SMARTS) is 1. The molecule has 6 nitrogen and oxygen atoms in total. The highest BCUT2D eigenvalue weighted by atomic mass is 35.5. The number of amides is 1. The molecule has 2 aromatic rings. The van der Waals surface area contributed by atoms with Crippen LogP contribution in [0, 0.1) is 5.41 Å². The molecule has 0 atom stereocenters. The van der Waals surface area contributed by atoms with E-state index >= 15 is 0 Å². The molecule has 1 aliphatic heterocycles. The Kier molecular flexibility index (Phi) is 4.69. The van der Waals surface area contributed by atoms with Crippen LogP contribution in [0.2, 0.25) is 5.02 Å². The minimum absolute atomic E-state index is 0.0570. The van der Waals surface area contributed by atoms with Gasteiger partial charge in [0.1, 0.15) is 0 Å². The van der Waals surface area contributed by atoms with Gasteiger partial charge in [0.15, 0.2) is 0 Å². The Morgan fingerprint density at radius 1 is 1.29 bits per heavy atom. The van der Waals surface area contributed by atoms with Gasteiger partial charge in [-0.05, 0) is 37.1 Å². The number of hydrogen-bond acceptors (Lipinski definition) is 4. The standard InChI is InChI=1S/C17H17ClN2O4/c18-13-4-3-12(14-11(13)2-1-7-19-14)15(21)20-10-17(16(22)23)5-8-24-9-6-17/h1-4,7H,5-6,8-10H2,(H,20,21)(H,22,23). The zero-order valence-corrected chi connectivity index (χ0v) is 13.7. The molecule has 0 aliphatic carbocycles. The van der Waals surface area contributed by atoms with Crippen molar-refractivity contribution in [1.29, 1.82) is 0 Å². The zero-order chi connectivity index (χ0) is 17.2. The van der Waals surface area contributed by atoms with Crippen molar-refractivity contribution < 1.29 is 19.4 Å². The van der Waals surface area contributed by atoms with Crippen molar-refractivity contribution >= 4 is 34.4 Å². The summed E-state index contributed by atoms with van der Waals surface area (Å²) in [6.45, 7) is 0.822. The number of pyridine rings is 1. The second kappa shape index (κ2) is 6.75. The Bertz CT molecular complexity index is 787. The summed E-state index contributed by atoms with van der Waals surface area (Å²) in [5.41, 5.74) is -0.106. The first-order chi connectivity index (χ1) is 11.5. The number of nitrogens with one attached hydrogen (secondary N) is 1. The van der Waals surface area contributed by atoms with E-state index in [9.17, 15) is 14.7 Å². The van der Waals surface area contributed by atoms with Gasteiger partial charge in [0.05, 0.1) is 21.5 Å². The van der Waals surface area contributed by atoms with Gasteiger partial charge in [0.2, 0.25) is 0 Å². The summed E-state index contributed by atoms with van der Waals surface area (Å²) in [5, 5.41) is 13.5. The molecule has 126 valence electrons. The van der Waals surface area contributed by atoms with E-state index in [-0.39, 0.29) is 12.5 Å². The number of carbonyl (C=O) groups is 2. The van der Waals surface area contributed by atoms with Crippen LogP contribution < -0.4 is 5.32 Å². The molecule has 1 aliphatic rings. The van der Waals surface area contributed by atoms with E-state index in [2.05, 4.69) is 10.3 Å². The Balaban J connectivity index is 1.83. The molecule has 0 unspecified atom stereocenters. The van der Waals surface area contributed by atoms with Gasteiger partial charge in [-0.2, -0.15) is 0 Å². The van der Waals surface area contributed by atoms with Crippen LogP contribution in [0.5, 0.6) is 0 Å². The zero-order valence-electron chi connectivity index (χ0n) is 12.9. The van der Waals surface area contributed by atoms with Crippen LogP contribution >= 0.6 is 11.6 Å². The van der Waals surface area contributed by atoms with Gasteiger partial charge in [0.25, 0.3) is 5.91 Å². The van der Waals surface area contributed by atoms with Gasteiger partial charge in [0, 0.05) is 31.3 Å². The molecule has 1 aromatic heterocycles. The lowest BCUT2D eigenvalue weighted by Gasteiger charge is -2.33. The van der Waals surface area contributed by atoms with Crippen molar-refractivity contribution in [2.75, 3.05) is 19.8 Å². The average Bonchev–Trinajstić information content (AvgIpc) is 2.61. The maximum absolute atomic E-state index is 12.6. The smallest absolute Gasteiger partial charge is 0.311 e. The van der Waals surface area contributed by atoms with Crippen LogP contribution in [-0.2, 0) is 9.53 Å². The Morgan fingerprint density at radius 3 is 2.75 bits per heavy atom. The van der Waals surface area contributed by atoms with Gasteiger partial charge in [-0.3, -0.25) is 14.6 Å². The van der Waals surface area contributed by atoms with Crippen molar-refractivity contribution in [3.8, 4) is 0 Å². The number of fused-ring (bicyclic) bond motifs is 1. The lowest BCUT2D eigenvalue weighted by atomic mass is 9.80. The summed E-state index contributed by atoms with van der Waals surface area (Å²) < 4.78 is 5.24. The summed E-state index contributed by atoms with van der Waals surface area (Å²) >= 11 is 6.13. The van der Waals surface area contributed by atoms with Crippen LogP contribution in [0.3, 0.4) is 0 Å². The average molecular weight is 349 g/mol. The highest BCUT2D eigenvalue weighted by Gasteiger charge is 2.40. The first-order valence-electron chi connectivity index (χ1n) is 7.66. The first kappa shape index (κ1) is 16.7. The van der Waals surface area contributed by atoms with Crippen LogP contribution in [0.15, 0.2) is 30.5 Å². The molecular weight excluding hydrogens is 332 g/mol. The second-order valence-electron chi connectivity index (χ2n) is 5.88. The SMILES string of the molecule is O=C(NCC1(C(=O)O)CCOCC1)c1ccc(Cl)c2cccnc12. The first-order valence-corrected chi connectivity index (χ1v) is 8.04. The lowest BCUT2D eigenvalue weighted by Crippen LogP contribution is -2.46. The minimum atomic E-state index is -0.983. The molecule has 0 saturated carbocycles. The summed E-state index contributed by atoms with van der Waals surface area (Å²) in [4.78, 5) is 28.4. The molecule has 24 heavy (non-hydrogen) atoms. The van der Waals surface area contributed by atoms with Crippen LogP contribution in [0.4, 0.5) is 0 Å². The summed E-state index contributed by atoms with van der Waals surface area (Å²) in [6.07, 6.45) is 2.34. The summed E-state index contributed by atoms with van der Waals surface area (Å²) in [7, 11) is 0. The molecule has 7 heteroatoms. The second-order valence-corrected chi connectivity index (χ2v) is 6.28. The van der Waals surface area contributed by atoms with Gasteiger partial charge in [-0.25, -0.2) is 0 Å². The number of rotatable bonds is 4. The Labute approximate surface area is 143 Å². The van der Waals surface area contributed by atoms with E-state index in [1.54, 1.807) is 30.5 Å². The largest absolute Gasteiger partial charge is 0.481 e. The number of halogens is 1. The van der Waals surface area contributed by atoms with Crippen LogP contribution in [0.25, 0.3) is 10.9 Å². The number of nitrogens with zero attached hydrogens (tertiary/aromatic N) is 1. The van der Waals surface area contributed by atoms with Gasteiger partial charge < -0.3 is 15.2 Å². The molecule has 1 saturated heterocycles. The van der Waals surface area contributed by atoms with Crippen LogP contribution in [0.1, 0.15) is 23.2 Å². The minimum Gasteiger partial charge on any atom is -0.481 e. The monoisotopic (exact) mass is 348 g/mol. The number of benzene rings is 1. The molecule has 1 fully saturated rings. The van der Waals surface area contributed by atoms with E-state index in [4.69, 9.17) is 16.3 Å². The predicted octanol–water partition coefficient (Wildman–Crippen LogP) is 2.50. The van der Waals surface area contributed by atoms with Crippen molar-refractivity contribution in [2.45, 2.75) is 12.8 Å². The van der Waals surface area contributed by atoms with Crippen molar-refractivity contribution in [2.24, 2.45) is 5.41 Å². The van der Waals surface area contributed by atoms with Gasteiger partial charge in [-0.15, -0.1) is 0 Å². The number of carboxylic acids is 1. The number of hydrogen-bond donors (Lipinski definition) is 2. The van der Waals surface area contributed by atoms with Gasteiger partial charge in [-0.1, -0.05) is 11.6 Å². The number of aliphatic carboxylic acids is 1. The highest BCUT2D eigenvalue weighted by Crippen LogP contribution is 2.30. The van der Waals surface area contributed by atoms with E-state index in [1.165, 1.54) is 0 Å². The summed E-state index contributed by atoms with van der Waals surface area (Å²) in [6, 6.07) is 6.78. The van der Waals surface area contributed by atoms with E-state index in [0.29, 0.717) is 47.5 Å². The topological polar surface area (TPSA) is 88.5 Å². The fraction of sp³-hybridized carbons (Fsp3) is 0.353. The number of carbonyl (C=O) groups excluding carboxylic acids is 1. The van der Waals surface area contributed by atoms with Crippen molar-refractivity contribution in [3.05, 3.63) is 41.0 Å². The molecular formula is C17H17ClN2O4. The molecule has 0 radical (unpaired) electrons. The summed E-state index contributed by atoms with van der Waals surface area (Å²) in [5.74, 6) is -1.27. The van der Waals surface area contributed by atoms with Gasteiger partial charge >= 0.3 is 5.97 Å². The number of ether oxygens (including phenoxy) is 1. The Morgan fingerprint density at radius 2 is 2.04 bits per heavy atom. The maximum Gasteiger partial charge on any atom is 0.311 e. The molecule has 2 N–H and O–H groups in total. The lowest BCUT2D eigenvalue weighted by molar-refractivity contribution is -0.154. The van der Waals surface area contributed by atoms with Crippen molar-refractivity contribution in [1.82, 2.24) is 10.3 Å².